The first-order chi connectivity index (χ1) is 10.3. The van der Waals surface area contributed by atoms with Crippen LogP contribution < -0.4 is 5.32 Å². The van der Waals surface area contributed by atoms with Crippen molar-refractivity contribution in [3.05, 3.63) is 64.8 Å². The Morgan fingerprint density at radius 3 is 2.52 bits per heavy atom. The first kappa shape index (κ1) is 14.4. The van der Waals surface area contributed by atoms with Crippen LogP contribution in [0.4, 0.5) is 0 Å². The molecule has 0 aliphatic carbocycles. The van der Waals surface area contributed by atoms with Gasteiger partial charge in [0, 0.05) is 16.6 Å². The number of nitrogens with one attached hydrogen (secondary N) is 1. The number of halogens is 1. The zero-order valence-corrected chi connectivity index (χ0v) is 14.0. The lowest BCUT2D eigenvalue weighted by Gasteiger charge is -2.00. The number of hydrogen-bond acceptors (Lipinski definition) is 3. The molecule has 0 bridgehead atoms. The van der Waals surface area contributed by atoms with Gasteiger partial charge in [-0.25, -0.2) is 4.98 Å². The lowest BCUT2D eigenvalue weighted by Crippen LogP contribution is -2.06. The molecule has 0 spiro atoms. The van der Waals surface area contributed by atoms with Crippen LogP contribution in [0.5, 0.6) is 0 Å². The zero-order valence-electron chi connectivity index (χ0n) is 11.6. The van der Waals surface area contributed by atoms with Crippen molar-refractivity contribution in [1.29, 1.82) is 0 Å². The number of aromatic nitrogens is 1. The van der Waals surface area contributed by atoms with Crippen LogP contribution in [0, 0.1) is 0 Å². The topological polar surface area (TPSA) is 24.9 Å². The van der Waals surface area contributed by atoms with E-state index in [-0.39, 0.29) is 0 Å². The van der Waals surface area contributed by atoms with E-state index in [0.29, 0.717) is 0 Å². The van der Waals surface area contributed by atoms with Crippen molar-refractivity contribution in [2.24, 2.45) is 0 Å². The van der Waals surface area contributed by atoms with Gasteiger partial charge in [0.25, 0.3) is 0 Å². The Morgan fingerprint density at radius 1 is 1.05 bits per heavy atom. The summed E-state index contributed by atoms with van der Waals surface area (Å²) in [5.41, 5.74) is 3.47. The van der Waals surface area contributed by atoms with E-state index in [1.165, 1.54) is 10.4 Å². The fourth-order valence-electron chi connectivity index (χ4n) is 2.20. The minimum Gasteiger partial charge on any atom is -0.314 e. The Labute approximate surface area is 137 Å². The van der Waals surface area contributed by atoms with Crippen LogP contribution in [0.1, 0.15) is 5.69 Å². The molecule has 0 fully saturated rings. The number of rotatable bonds is 4. The van der Waals surface area contributed by atoms with Crippen LogP contribution in [0.15, 0.2) is 59.1 Å². The summed E-state index contributed by atoms with van der Waals surface area (Å²) in [5, 5.41) is 4.26. The second-order valence-corrected chi connectivity index (χ2v) is 6.62. The van der Waals surface area contributed by atoms with Crippen LogP contribution in [0.25, 0.3) is 21.0 Å². The van der Waals surface area contributed by atoms with Crippen LogP contribution >= 0.6 is 27.3 Å². The molecule has 0 aliphatic rings. The third-order valence-corrected chi connectivity index (χ3v) is 4.84. The number of hydrogen-bond donors (Lipinski definition) is 1. The van der Waals surface area contributed by atoms with Crippen molar-refractivity contribution in [2.45, 2.75) is 6.54 Å². The normalized spacial score (nSPS) is 10.8. The van der Waals surface area contributed by atoms with E-state index >= 15 is 0 Å². The minimum absolute atomic E-state index is 0.773. The van der Waals surface area contributed by atoms with E-state index < -0.39 is 0 Å². The maximum atomic E-state index is 4.82. The predicted molar refractivity (Wildman–Crippen MR) is 93.4 cm³/mol. The molecule has 106 valence electrons. The summed E-state index contributed by atoms with van der Waals surface area (Å²) in [6.45, 7) is 0.773. The Hall–Kier alpha value is -1.49. The van der Waals surface area contributed by atoms with E-state index in [0.717, 1.165) is 27.3 Å². The second-order valence-electron chi connectivity index (χ2n) is 4.70. The molecule has 4 heteroatoms. The SMILES string of the molecule is CNCc1nc(-c2cccc(Br)c2)sc1-c1ccccc1. The van der Waals surface area contributed by atoms with Crippen LogP contribution in [-0.2, 0) is 6.54 Å². The number of thiazole rings is 1. The van der Waals surface area contributed by atoms with Crippen molar-refractivity contribution in [1.82, 2.24) is 10.3 Å². The van der Waals surface area contributed by atoms with E-state index in [1.54, 1.807) is 11.3 Å². The average molecular weight is 359 g/mol. The summed E-state index contributed by atoms with van der Waals surface area (Å²) in [7, 11) is 1.95. The molecule has 2 nitrogen and oxygen atoms in total. The Kier molecular flexibility index (Phi) is 4.48. The number of benzene rings is 2. The molecule has 3 rings (SSSR count). The van der Waals surface area contributed by atoms with E-state index in [2.05, 4.69) is 57.6 Å². The van der Waals surface area contributed by atoms with E-state index in [9.17, 15) is 0 Å². The summed E-state index contributed by atoms with van der Waals surface area (Å²) < 4.78 is 1.08. The van der Waals surface area contributed by atoms with E-state index in [1.807, 2.05) is 25.2 Å². The van der Waals surface area contributed by atoms with Gasteiger partial charge in [0.05, 0.1) is 10.6 Å². The minimum atomic E-state index is 0.773. The summed E-state index contributed by atoms with van der Waals surface area (Å²) in [6, 6.07) is 18.7. The summed E-state index contributed by atoms with van der Waals surface area (Å²) in [5.74, 6) is 0. The molecule has 0 amide bonds. The highest BCUT2D eigenvalue weighted by Gasteiger charge is 2.13. The van der Waals surface area contributed by atoms with Gasteiger partial charge in [-0.05, 0) is 24.7 Å². The molecule has 3 aromatic rings. The highest BCUT2D eigenvalue weighted by atomic mass is 79.9. The third-order valence-electron chi connectivity index (χ3n) is 3.15. The van der Waals surface area contributed by atoms with Crippen LogP contribution in [-0.4, -0.2) is 12.0 Å². The Bertz CT molecular complexity index is 738. The Balaban J connectivity index is 2.08. The highest BCUT2D eigenvalue weighted by Crippen LogP contribution is 2.36. The molecule has 2 aromatic carbocycles. The lowest BCUT2D eigenvalue weighted by atomic mass is 10.1. The second kappa shape index (κ2) is 6.52. The molecule has 1 heterocycles. The summed E-state index contributed by atoms with van der Waals surface area (Å²) in [6.07, 6.45) is 0. The molecular weight excluding hydrogens is 344 g/mol. The van der Waals surface area contributed by atoms with Gasteiger partial charge in [-0.3, -0.25) is 0 Å². The van der Waals surface area contributed by atoms with Crippen LogP contribution in [0.3, 0.4) is 0 Å². The van der Waals surface area contributed by atoms with E-state index in [4.69, 9.17) is 4.98 Å². The molecule has 0 atom stereocenters. The molecule has 1 aromatic heterocycles. The van der Waals surface area contributed by atoms with Gasteiger partial charge in [-0.15, -0.1) is 11.3 Å². The van der Waals surface area contributed by atoms with Crippen molar-refractivity contribution in [2.75, 3.05) is 7.05 Å². The van der Waals surface area contributed by atoms with Gasteiger partial charge < -0.3 is 5.32 Å². The van der Waals surface area contributed by atoms with Crippen molar-refractivity contribution >= 4 is 27.3 Å². The Morgan fingerprint density at radius 2 is 1.81 bits per heavy atom. The fourth-order valence-corrected chi connectivity index (χ4v) is 3.68. The van der Waals surface area contributed by atoms with Gasteiger partial charge in [0.2, 0.25) is 0 Å². The molecule has 0 aliphatic heterocycles. The van der Waals surface area contributed by atoms with Gasteiger partial charge in [0.15, 0.2) is 0 Å². The predicted octanol–water partition coefficient (Wildman–Crippen LogP) is 4.96. The summed E-state index contributed by atoms with van der Waals surface area (Å²) >= 11 is 5.27. The smallest absolute Gasteiger partial charge is 0.124 e. The molecule has 0 unspecified atom stereocenters. The molecule has 1 N–H and O–H groups in total. The van der Waals surface area contributed by atoms with Crippen molar-refractivity contribution in [3.63, 3.8) is 0 Å². The lowest BCUT2D eigenvalue weighted by molar-refractivity contribution is 0.799. The average Bonchev–Trinajstić information content (AvgIpc) is 2.93. The monoisotopic (exact) mass is 358 g/mol. The zero-order chi connectivity index (χ0) is 14.7. The molecule has 0 saturated carbocycles. The maximum absolute atomic E-state index is 4.82. The van der Waals surface area contributed by atoms with Crippen molar-refractivity contribution in [3.8, 4) is 21.0 Å². The van der Waals surface area contributed by atoms with Gasteiger partial charge in [-0.1, -0.05) is 58.4 Å². The quantitative estimate of drug-likeness (QED) is 0.712. The fraction of sp³-hybridized carbons (Fsp3) is 0.118. The first-order valence-corrected chi connectivity index (χ1v) is 8.34. The standard InChI is InChI=1S/C17H15BrN2S/c1-19-11-15-16(12-6-3-2-4-7-12)21-17(20-15)13-8-5-9-14(18)10-13/h2-10,19H,11H2,1H3. The summed E-state index contributed by atoms with van der Waals surface area (Å²) in [4.78, 5) is 6.06. The molecule has 0 saturated heterocycles. The number of nitrogens with zero attached hydrogens (tertiary/aromatic N) is 1. The highest BCUT2D eigenvalue weighted by molar-refractivity contribution is 9.10. The largest absolute Gasteiger partial charge is 0.314 e. The van der Waals surface area contributed by atoms with Gasteiger partial charge in [-0.2, -0.15) is 0 Å². The van der Waals surface area contributed by atoms with Crippen molar-refractivity contribution < 1.29 is 0 Å². The maximum Gasteiger partial charge on any atom is 0.124 e. The molecule has 21 heavy (non-hydrogen) atoms. The first-order valence-electron chi connectivity index (χ1n) is 6.73. The van der Waals surface area contributed by atoms with Gasteiger partial charge >= 0.3 is 0 Å². The third kappa shape index (κ3) is 3.23. The van der Waals surface area contributed by atoms with Crippen LogP contribution in [0.2, 0.25) is 0 Å². The van der Waals surface area contributed by atoms with Gasteiger partial charge in [0.1, 0.15) is 5.01 Å². The molecular formula is C17H15BrN2S. The molecule has 0 radical (unpaired) electrons.